The van der Waals surface area contributed by atoms with Crippen molar-refractivity contribution >= 4 is 10.0 Å². The molecule has 27 heavy (non-hydrogen) atoms. The van der Waals surface area contributed by atoms with E-state index in [1.54, 1.807) is 0 Å². The molecule has 0 aliphatic rings. The first-order valence-corrected chi connectivity index (χ1v) is 10.7. The fourth-order valence-electron chi connectivity index (χ4n) is 2.65. The average molecular weight is 395 g/mol. The number of para-hydroxylation sites is 1. The van der Waals surface area contributed by atoms with E-state index in [0.29, 0.717) is 17.9 Å². The maximum atomic E-state index is 12.9. The first kappa shape index (κ1) is 21.3. The summed E-state index contributed by atoms with van der Waals surface area (Å²) in [6.45, 7) is 7.64. The van der Waals surface area contributed by atoms with Gasteiger partial charge in [0.2, 0.25) is 10.0 Å². The molecule has 0 aliphatic heterocycles. The molecule has 0 bridgehead atoms. The molecule has 0 heterocycles. The lowest BCUT2D eigenvalue weighted by Crippen LogP contribution is -2.28. The van der Waals surface area contributed by atoms with Gasteiger partial charge in [0.05, 0.1) is 5.75 Å². The molecule has 0 radical (unpaired) electrons. The highest BCUT2D eigenvalue weighted by Crippen LogP contribution is 2.18. The number of halogens is 1. The smallest absolute Gasteiger partial charge is 0.216 e. The molecule has 0 fully saturated rings. The zero-order chi connectivity index (χ0) is 19.7. The number of ether oxygens (including phenoxy) is 1. The largest absolute Gasteiger partial charge is 0.492 e. The minimum absolute atomic E-state index is 0.144. The quantitative estimate of drug-likeness (QED) is 0.636. The van der Waals surface area contributed by atoms with E-state index < -0.39 is 10.0 Å². The normalized spacial score (nSPS) is 11.7. The summed E-state index contributed by atoms with van der Waals surface area (Å²) >= 11 is 0. The number of nitrogens with zero attached hydrogens (tertiary/aromatic N) is 1. The summed E-state index contributed by atoms with van der Waals surface area (Å²) in [5.41, 5.74) is 1.31. The summed E-state index contributed by atoms with van der Waals surface area (Å²) in [6.07, 6.45) is 0. The van der Waals surface area contributed by atoms with Crippen molar-refractivity contribution in [1.29, 1.82) is 0 Å². The van der Waals surface area contributed by atoms with E-state index in [0.717, 1.165) is 25.2 Å². The van der Waals surface area contributed by atoms with Crippen molar-refractivity contribution in [1.82, 2.24) is 9.62 Å². The molecule has 0 aliphatic carbocycles. The molecule has 0 amide bonds. The standard InChI is InChI=1S/C20H27FN2O3S/c1-3-23(4-2)13-14-26-20-8-6-5-7-18(20)15-22-27(24,25)16-17-9-11-19(21)12-10-17/h5-12,22H,3-4,13-16H2,1-2H3. The highest BCUT2D eigenvalue weighted by molar-refractivity contribution is 7.88. The van der Waals surface area contributed by atoms with Gasteiger partial charge in [-0.05, 0) is 36.9 Å². The third-order valence-corrected chi connectivity index (χ3v) is 5.58. The minimum Gasteiger partial charge on any atom is -0.492 e. The lowest BCUT2D eigenvalue weighted by Gasteiger charge is -2.19. The van der Waals surface area contributed by atoms with E-state index in [4.69, 9.17) is 4.74 Å². The average Bonchev–Trinajstić information content (AvgIpc) is 2.66. The van der Waals surface area contributed by atoms with Gasteiger partial charge in [-0.1, -0.05) is 44.2 Å². The monoisotopic (exact) mass is 394 g/mol. The van der Waals surface area contributed by atoms with Crippen molar-refractivity contribution in [2.45, 2.75) is 26.1 Å². The van der Waals surface area contributed by atoms with Gasteiger partial charge in [-0.2, -0.15) is 0 Å². The van der Waals surface area contributed by atoms with Crippen LogP contribution >= 0.6 is 0 Å². The Balaban J connectivity index is 1.93. The van der Waals surface area contributed by atoms with E-state index in [9.17, 15) is 12.8 Å². The molecule has 0 aromatic heterocycles. The van der Waals surface area contributed by atoms with Crippen LogP contribution < -0.4 is 9.46 Å². The zero-order valence-corrected chi connectivity index (χ0v) is 16.6. The van der Waals surface area contributed by atoms with Gasteiger partial charge in [-0.25, -0.2) is 17.5 Å². The van der Waals surface area contributed by atoms with E-state index in [1.807, 2.05) is 24.3 Å². The summed E-state index contributed by atoms with van der Waals surface area (Å²) in [6, 6.07) is 12.8. The fourth-order valence-corrected chi connectivity index (χ4v) is 3.76. The van der Waals surface area contributed by atoms with Crippen LogP contribution in [0.1, 0.15) is 25.0 Å². The van der Waals surface area contributed by atoms with Crippen LogP contribution in [-0.4, -0.2) is 39.6 Å². The minimum atomic E-state index is -3.54. The van der Waals surface area contributed by atoms with Gasteiger partial charge < -0.3 is 9.64 Å². The number of rotatable bonds is 11. The molecule has 0 atom stereocenters. The molecule has 0 unspecified atom stereocenters. The number of likely N-dealkylation sites (N-methyl/N-ethyl adjacent to an activating group) is 1. The van der Waals surface area contributed by atoms with Crippen molar-refractivity contribution in [3.05, 3.63) is 65.5 Å². The van der Waals surface area contributed by atoms with Crippen molar-refractivity contribution in [3.63, 3.8) is 0 Å². The van der Waals surface area contributed by atoms with E-state index in [-0.39, 0.29) is 18.1 Å². The Morgan fingerprint density at radius 3 is 2.37 bits per heavy atom. The van der Waals surface area contributed by atoms with Crippen LogP contribution in [0.2, 0.25) is 0 Å². The Morgan fingerprint density at radius 1 is 1.04 bits per heavy atom. The van der Waals surface area contributed by atoms with Crippen LogP contribution in [0, 0.1) is 5.82 Å². The number of hydrogen-bond acceptors (Lipinski definition) is 4. The molecule has 2 aromatic rings. The van der Waals surface area contributed by atoms with Crippen LogP contribution in [0.5, 0.6) is 5.75 Å². The second kappa shape index (κ2) is 10.4. The van der Waals surface area contributed by atoms with Crippen molar-refractivity contribution in [2.24, 2.45) is 0 Å². The van der Waals surface area contributed by atoms with Gasteiger partial charge in [0.25, 0.3) is 0 Å². The van der Waals surface area contributed by atoms with Gasteiger partial charge in [0.15, 0.2) is 0 Å². The molecule has 0 spiro atoms. The van der Waals surface area contributed by atoms with Crippen LogP contribution in [0.4, 0.5) is 4.39 Å². The fraction of sp³-hybridized carbons (Fsp3) is 0.400. The molecular weight excluding hydrogens is 367 g/mol. The highest BCUT2D eigenvalue weighted by Gasteiger charge is 2.13. The summed E-state index contributed by atoms with van der Waals surface area (Å²) < 4.78 is 46.0. The number of nitrogens with one attached hydrogen (secondary N) is 1. The van der Waals surface area contributed by atoms with Gasteiger partial charge in [0.1, 0.15) is 18.2 Å². The summed E-state index contributed by atoms with van der Waals surface area (Å²) in [5, 5.41) is 0. The topological polar surface area (TPSA) is 58.6 Å². The van der Waals surface area contributed by atoms with Crippen LogP contribution in [0.15, 0.2) is 48.5 Å². The third-order valence-electron chi connectivity index (χ3n) is 4.28. The Hall–Kier alpha value is -1.96. The van der Waals surface area contributed by atoms with Gasteiger partial charge in [0, 0.05) is 18.7 Å². The Kier molecular flexibility index (Phi) is 8.22. The van der Waals surface area contributed by atoms with Crippen LogP contribution in [-0.2, 0) is 22.3 Å². The third kappa shape index (κ3) is 7.28. The summed E-state index contributed by atoms with van der Waals surface area (Å²) in [5.74, 6) is 0.0900. The predicted molar refractivity (Wildman–Crippen MR) is 106 cm³/mol. The molecule has 5 nitrogen and oxygen atoms in total. The zero-order valence-electron chi connectivity index (χ0n) is 15.8. The van der Waals surface area contributed by atoms with Crippen molar-refractivity contribution in [2.75, 3.05) is 26.2 Å². The number of benzene rings is 2. The Morgan fingerprint density at radius 2 is 1.70 bits per heavy atom. The number of hydrogen-bond donors (Lipinski definition) is 1. The lowest BCUT2D eigenvalue weighted by molar-refractivity contribution is 0.221. The highest BCUT2D eigenvalue weighted by atomic mass is 32.2. The second-order valence-corrected chi connectivity index (χ2v) is 8.00. The molecule has 0 saturated heterocycles. The SMILES string of the molecule is CCN(CC)CCOc1ccccc1CNS(=O)(=O)Cc1ccc(F)cc1. The van der Waals surface area contributed by atoms with E-state index in [1.165, 1.54) is 24.3 Å². The molecule has 7 heteroatoms. The van der Waals surface area contributed by atoms with Crippen molar-refractivity contribution in [3.8, 4) is 5.75 Å². The molecule has 2 rings (SSSR count). The maximum Gasteiger partial charge on any atom is 0.216 e. The Labute approximate surface area is 161 Å². The summed E-state index contributed by atoms with van der Waals surface area (Å²) in [7, 11) is -3.54. The molecule has 148 valence electrons. The molecular formula is C20H27FN2O3S. The van der Waals surface area contributed by atoms with Gasteiger partial charge >= 0.3 is 0 Å². The Bertz CT molecular complexity index is 806. The van der Waals surface area contributed by atoms with Gasteiger partial charge in [-0.3, -0.25) is 0 Å². The van der Waals surface area contributed by atoms with Crippen molar-refractivity contribution < 1.29 is 17.5 Å². The maximum absolute atomic E-state index is 12.9. The molecule has 1 N–H and O–H groups in total. The predicted octanol–water partition coefficient (Wildman–Crippen LogP) is 3.17. The first-order valence-electron chi connectivity index (χ1n) is 9.08. The second-order valence-electron chi connectivity index (χ2n) is 6.19. The molecule has 0 saturated carbocycles. The van der Waals surface area contributed by atoms with E-state index >= 15 is 0 Å². The van der Waals surface area contributed by atoms with E-state index in [2.05, 4.69) is 23.5 Å². The van der Waals surface area contributed by atoms with Gasteiger partial charge in [-0.15, -0.1) is 0 Å². The summed E-state index contributed by atoms with van der Waals surface area (Å²) in [4.78, 5) is 2.26. The lowest BCUT2D eigenvalue weighted by atomic mass is 10.2. The number of sulfonamides is 1. The molecule has 2 aromatic carbocycles. The van der Waals surface area contributed by atoms with Crippen LogP contribution in [0.25, 0.3) is 0 Å². The first-order chi connectivity index (χ1) is 12.9. The van der Waals surface area contributed by atoms with Crippen LogP contribution in [0.3, 0.4) is 0 Å².